The van der Waals surface area contributed by atoms with Crippen LogP contribution in [-0.4, -0.2) is 51.8 Å². The van der Waals surface area contributed by atoms with Crippen molar-refractivity contribution in [1.29, 1.82) is 0 Å². The minimum absolute atomic E-state index is 0.0586. The van der Waals surface area contributed by atoms with Crippen molar-refractivity contribution in [3.63, 3.8) is 0 Å². The van der Waals surface area contributed by atoms with Gasteiger partial charge in [-0.05, 0) is 12.1 Å². The number of anilines is 1. The van der Waals surface area contributed by atoms with Gasteiger partial charge in [0.15, 0.2) is 0 Å². The molecule has 2 rings (SSSR count). The molecule has 0 aliphatic carbocycles. The zero-order chi connectivity index (χ0) is 18.2. The van der Waals surface area contributed by atoms with E-state index in [-0.39, 0.29) is 18.8 Å². The predicted molar refractivity (Wildman–Crippen MR) is 88.6 cm³/mol. The molecule has 10 heteroatoms. The van der Waals surface area contributed by atoms with E-state index in [4.69, 9.17) is 21.1 Å². The quantitative estimate of drug-likeness (QED) is 0.643. The highest BCUT2D eigenvalue weighted by Crippen LogP contribution is 2.11. The van der Waals surface area contributed by atoms with Crippen LogP contribution in [0.25, 0.3) is 0 Å². The summed E-state index contributed by atoms with van der Waals surface area (Å²) in [5.74, 6) is -1.00. The van der Waals surface area contributed by atoms with Crippen LogP contribution in [0, 0.1) is 0 Å². The molecule has 9 nitrogen and oxygen atoms in total. The summed E-state index contributed by atoms with van der Waals surface area (Å²) >= 11 is 5.73. The van der Waals surface area contributed by atoms with Crippen LogP contribution in [0.5, 0.6) is 0 Å². The van der Waals surface area contributed by atoms with E-state index in [0.717, 1.165) is 0 Å². The number of pyridine rings is 1. The van der Waals surface area contributed by atoms with Gasteiger partial charge >= 0.3 is 5.97 Å². The van der Waals surface area contributed by atoms with Crippen molar-refractivity contribution >= 4 is 29.3 Å². The third kappa shape index (κ3) is 5.52. The third-order valence-electron chi connectivity index (χ3n) is 3.12. The number of rotatable bonds is 9. The summed E-state index contributed by atoms with van der Waals surface area (Å²) in [5.41, 5.74) is -0.107. The minimum Gasteiger partial charge on any atom is -0.477 e. The number of carboxylic acids is 1. The fraction of sp³-hybridized carbons (Fsp3) is 0.333. The van der Waals surface area contributed by atoms with Crippen molar-refractivity contribution < 1.29 is 24.2 Å². The largest absolute Gasteiger partial charge is 0.477 e. The smallest absolute Gasteiger partial charge is 0.354 e. The van der Waals surface area contributed by atoms with Gasteiger partial charge < -0.3 is 24.5 Å². The Labute approximate surface area is 148 Å². The molecule has 134 valence electrons. The first-order chi connectivity index (χ1) is 12.0. The number of methoxy groups -OCH3 is 1. The van der Waals surface area contributed by atoms with Crippen LogP contribution >= 0.6 is 11.6 Å². The molecule has 0 saturated carbocycles. The molecule has 0 bridgehead atoms. The van der Waals surface area contributed by atoms with Crippen molar-refractivity contribution in [1.82, 2.24) is 14.5 Å². The molecule has 2 aromatic heterocycles. The molecular formula is C15H17ClN4O5. The molecule has 0 aromatic carbocycles. The maximum atomic E-state index is 12.2. The molecule has 2 heterocycles. The first-order valence-electron chi connectivity index (χ1n) is 7.27. The average molecular weight is 369 g/mol. The fourth-order valence-corrected chi connectivity index (χ4v) is 2.07. The highest BCUT2D eigenvalue weighted by Gasteiger charge is 2.18. The van der Waals surface area contributed by atoms with E-state index in [0.29, 0.717) is 29.9 Å². The van der Waals surface area contributed by atoms with Gasteiger partial charge in [0.2, 0.25) is 5.91 Å². The number of imidazole rings is 1. The van der Waals surface area contributed by atoms with E-state index in [9.17, 15) is 14.7 Å². The molecule has 0 unspecified atom stereocenters. The van der Waals surface area contributed by atoms with E-state index >= 15 is 0 Å². The van der Waals surface area contributed by atoms with Gasteiger partial charge in [-0.15, -0.1) is 0 Å². The first-order valence-corrected chi connectivity index (χ1v) is 7.65. The van der Waals surface area contributed by atoms with Crippen molar-refractivity contribution in [2.75, 3.05) is 25.6 Å². The number of hydrogen-bond acceptors (Lipinski definition) is 6. The summed E-state index contributed by atoms with van der Waals surface area (Å²) in [6, 6.07) is 3.13. The lowest BCUT2D eigenvalue weighted by Crippen LogP contribution is -2.23. The van der Waals surface area contributed by atoms with Crippen LogP contribution in [-0.2, 0) is 27.4 Å². The lowest BCUT2D eigenvalue weighted by atomic mass is 10.4. The summed E-state index contributed by atoms with van der Waals surface area (Å²) in [5, 5.41) is 12.2. The van der Waals surface area contributed by atoms with Gasteiger partial charge in [-0.25, -0.2) is 14.8 Å². The first kappa shape index (κ1) is 18.8. The van der Waals surface area contributed by atoms with Crippen molar-refractivity contribution in [3.05, 3.63) is 41.1 Å². The molecule has 0 saturated heterocycles. The Kier molecular flexibility index (Phi) is 6.87. The summed E-state index contributed by atoms with van der Waals surface area (Å²) in [6.07, 6.45) is 2.58. The Morgan fingerprint density at radius 2 is 2.08 bits per heavy atom. The number of aromatic nitrogens is 3. The van der Waals surface area contributed by atoms with E-state index in [1.165, 1.54) is 17.0 Å². The number of carbonyl (C=O) groups excluding carboxylic acids is 1. The number of carbonyl (C=O) groups is 2. The number of ether oxygens (including phenoxy) is 2. The molecular weight excluding hydrogens is 352 g/mol. The van der Waals surface area contributed by atoms with E-state index in [1.807, 2.05) is 0 Å². The molecule has 1 amide bonds. The van der Waals surface area contributed by atoms with Crippen LogP contribution in [0.1, 0.15) is 16.3 Å². The number of nitrogens with zero attached hydrogens (tertiary/aromatic N) is 3. The van der Waals surface area contributed by atoms with Crippen LogP contribution in [0.3, 0.4) is 0 Å². The maximum Gasteiger partial charge on any atom is 0.354 e. The Morgan fingerprint density at radius 1 is 1.28 bits per heavy atom. The number of aromatic carboxylic acids is 1. The Hall–Kier alpha value is -2.49. The monoisotopic (exact) mass is 368 g/mol. The van der Waals surface area contributed by atoms with E-state index in [2.05, 4.69) is 15.3 Å². The average Bonchev–Trinajstić information content (AvgIpc) is 2.96. The second-order valence-electron chi connectivity index (χ2n) is 4.91. The van der Waals surface area contributed by atoms with Gasteiger partial charge in [0.05, 0.1) is 24.4 Å². The second-order valence-corrected chi connectivity index (χ2v) is 5.34. The maximum absolute atomic E-state index is 12.2. The van der Waals surface area contributed by atoms with Gasteiger partial charge in [0.1, 0.15) is 30.5 Å². The van der Waals surface area contributed by atoms with E-state index in [1.54, 1.807) is 19.2 Å². The normalized spacial score (nSPS) is 10.6. The van der Waals surface area contributed by atoms with Gasteiger partial charge in [-0.2, -0.15) is 0 Å². The molecule has 25 heavy (non-hydrogen) atoms. The Morgan fingerprint density at radius 3 is 2.72 bits per heavy atom. The highest BCUT2D eigenvalue weighted by molar-refractivity contribution is 6.30. The minimum atomic E-state index is -1.19. The van der Waals surface area contributed by atoms with Crippen molar-refractivity contribution in [3.8, 4) is 0 Å². The fourth-order valence-electron chi connectivity index (χ4n) is 1.96. The third-order valence-corrected chi connectivity index (χ3v) is 3.34. The predicted octanol–water partition coefficient (Wildman–Crippen LogP) is 1.43. The molecule has 0 aliphatic rings. The summed E-state index contributed by atoms with van der Waals surface area (Å²) in [6.45, 7) is 0.542. The number of hydrogen-bond donors (Lipinski definition) is 2. The summed E-state index contributed by atoms with van der Waals surface area (Å²) < 4.78 is 11.5. The molecule has 0 radical (unpaired) electrons. The van der Waals surface area contributed by atoms with Gasteiger partial charge in [0, 0.05) is 13.3 Å². The molecule has 0 aliphatic heterocycles. The zero-order valence-electron chi connectivity index (χ0n) is 13.4. The molecule has 0 spiro atoms. The van der Waals surface area contributed by atoms with Gasteiger partial charge in [0.25, 0.3) is 0 Å². The number of amides is 1. The van der Waals surface area contributed by atoms with Crippen LogP contribution in [0.2, 0.25) is 5.02 Å². The van der Waals surface area contributed by atoms with Gasteiger partial charge in [-0.1, -0.05) is 11.6 Å². The number of halogens is 1. The molecule has 0 fully saturated rings. The highest BCUT2D eigenvalue weighted by atomic mass is 35.5. The molecule has 0 atom stereocenters. The van der Waals surface area contributed by atoms with Crippen LogP contribution in [0.4, 0.5) is 5.82 Å². The lowest BCUT2D eigenvalue weighted by molar-refractivity contribution is -0.116. The van der Waals surface area contributed by atoms with Gasteiger partial charge in [-0.3, -0.25) is 4.79 Å². The van der Waals surface area contributed by atoms with Crippen LogP contribution in [0.15, 0.2) is 24.5 Å². The standard InChI is InChI=1S/C15H17ClN4O5/c1-24-4-5-25-9-13-18-7-11(15(22)23)20(13)8-14(21)19-12-3-2-10(16)6-17-12/h2-3,6-7H,4-5,8-9H2,1H3,(H,22,23)(H,17,19,21). The molecule has 2 aromatic rings. The number of carboxylic acid groups (broad SMARTS) is 1. The SMILES string of the molecule is COCCOCc1ncc(C(=O)O)n1CC(=O)Nc1ccc(Cl)cn1. The van der Waals surface area contributed by atoms with Crippen LogP contribution < -0.4 is 5.32 Å². The second kappa shape index (κ2) is 9.11. The summed E-state index contributed by atoms with van der Waals surface area (Å²) in [4.78, 5) is 31.5. The summed E-state index contributed by atoms with van der Waals surface area (Å²) in [7, 11) is 1.54. The van der Waals surface area contributed by atoms with Crippen molar-refractivity contribution in [2.45, 2.75) is 13.2 Å². The Bertz CT molecular complexity index is 732. The van der Waals surface area contributed by atoms with E-state index < -0.39 is 11.9 Å². The molecule has 2 N–H and O–H groups in total. The lowest BCUT2D eigenvalue weighted by Gasteiger charge is -2.11. The van der Waals surface area contributed by atoms with Crippen molar-refractivity contribution in [2.24, 2.45) is 0 Å². The topological polar surface area (TPSA) is 116 Å². The number of nitrogens with one attached hydrogen (secondary N) is 1. The Balaban J connectivity index is 2.07. The zero-order valence-corrected chi connectivity index (χ0v) is 14.2.